The lowest BCUT2D eigenvalue weighted by molar-refractivity contribution is 0.380. The molecule has 9 heavy (non-hydrogen) atoms. The third-order valence-electron chi connectivity index (χ3n) is 0.928. The third-order valence-corrected chi connectivity index (χ3v) is 0.928. The fourth-order valence-electron chi connectivity index (χ4n) is 0.587. The predicted molar refractivity (Wildman–Crippen MR) is 33.7 cm³/mol. The van der Waals surface area contributed by atoms with E-state index in [1.165, 1.54) is 0 Å². The topological polar surface area (TPSA) is 64.1 Å². The Morgan fingerprint density at radius 1 is 1.89 bits per heavy atom. The lowest BCUT2D eigenvalue weighted by Gasteiger charge is -1.87. The second kappa shape index (κ2) is 2.50. The van der Waals surface area contributed by atoms with Crippen LogP contribution in [0.5, 0.6) is 0 Å². The zero-order chi connectivity index (χ0) is 6.69. The summed E-state index contributed by atoms with van der Waals surface area (Å²) in [6.45, 7) is 0.671. The monoisotopic (exact) mass is 127 g/mol. The molecular weight excluding hydrogens is 118 g/mol. The minimum absolute atomic E-state index is 0.431. The minimum atomic E-state index is 0.431. The van der Waals surface area contributed by atoms with Crippen LogP contribution in [0.3, 0.4) is 0 Å². The Morgan fingerprint density at radius 2 is 2.67 bits per heavy atom. The lowest BCUT2D eigenvalue weighted by Crippen LogP contribution is -2.03. The highest BCUT2D eigenvalue weighted by Crippen LogP contribution is 2.02. The fraction of sp³-hybridized carbons (Fsp3) is 0.400. The molecule has 50 valence electrons. The van der Waals surface area contributed by atoms with E-state index in [2.05, 4.69) is 10.5 Å². The quantitative estimate of drug-likeness (QED) is 0.585. The summed E-state index contributed by atoms with van der Waals surface area (Å²) in [4.78, 5) is 0. The standard InChI is InChI=1S/C5H9N3O/c1-7-3-4-2-5(6)8-9-4/h2,7H,3H2,1H3,(H2,6,8). The van der Waals surface area contributed by atoms with Gasteiger partial charge in [-0.15, -0.1) is 0 Å². The maximum atomic E-state index is 5.28. The summed E-state index contributed by atoms with van der Waals surface area (Å²) >= 11 is 0. The molecule has 1 rings (SSSR count). The first-order valence-corrected chi connectivity index (χ1v) is 2.68. The molecule has 1 aromatic heterocycles. The number of hydrogen-bond acceptors (Lipinski definition) is 4. The van der Waals surface area contributed by atoms with Crippen molar-refractivity contribution in [2.24, 2.45) is 0 Å². The molecule has 0 radical (unpaired) electrons. The molecule has 0 unspecified atom stereocenters. The third kappa shape index (κ3) is 1.43. The molecule has 0 atom stereocenters. The van der Waals surface area contributed by atoms with Gasteiger partial charge in [-0.2, -0.15) is 0 Å². The van der Waals surface area contributed by atoms with E-state index in [0.29, 0.717) is 12.4 Å². The molecule has 3 N–H and O–H groups in total. The summed E-state index contributed by atoms with van der Waals surface area (Å²) in [6, 6.07) is 1.69. The van der Waals surface area contributed by atoms with Crippen LogP contribution in [0.4, 0.5) is 5.82 Å². The molecule has 0 saturated carbocycles. The minimum Gasteiger partial charge on any atom is -0.381 e. The van der Waals surface area contributed by atoms with Crippen LogP contribution in [0.15, 0.2) is 10.6 Å². The van der Waals surface area contributed by atoms with Gasteiger partial charge in [-0.05, 0) is 7.05 Å². The van der Waals surface area contributed by atoms with Gasteiger partial charge >= 0.3 is 0 Å². The van der Waals surface area contributed by atoms with Crippen LogP contribution in [0.1, 0.15) is 5.76 Å². The van der Waals surface area contributed by atoms with Gasteiger partial charge in [0.15, 0.2) is 11.6 Å². The molecule has 1 heterocycles. The van der Waals surface area contributed by atoms with E-state index in [-0.39, 0.29) is 0 Å². The summed E-state index contributed by atoms with van der Waals surface area (Å²) in [5.41, 5.74) is 5.28. The van der Waals surface area contributed by atoms with Gasteiger partial charge in [-0.25, -0.2) is 0 Å². The zero-order valence-electron chi connectivity index (χ0n) is 5.22. The van der Waals surface area contributed by atoms with Gasteiger partial charge in [-0.3, -0.25) is 0 Å². The molecule has 0 aliphatic carbocycles. The van der Waals surface area contributed by atoms with E-state index in [1.54, 1.807) is 6.07 Å². The molecule has 0 fully saturated rings. The van der Waals surface area contributed by atoms with Crippen LogP contribution in [-0.4, -0.2) is 12.2 Å². The van der Waals surface area contributed by atoms with Gasteiger partial charge < -0.3 is 15.6 Å². The Kier molecular flexibility index (Phi) is 1.69. The zero-order valence-corrected chi connectivity index (χ0v) is 5.22. The van der Waals surface area contributed by atoms with Crippen molar-refractivity contribution in [1.29, 1.82) is 0 Å². The van der Waals surface area contributed by atoms with Crippen molar-refractivity contribution in [3.05, 3.63) is 11.8 Å². The van der Waals surface area contributed by atoms with Crippen LogP contribution in [0.2, 0.25) is 0 Å². The molecule has 0 bridgehead atoms. The summed E-state index contributed by atoms with van der Waals surface area (Å²) in [5.74, 6) is 1.19. The van der Waals surface area contributed by atoms with Gasteiger partial charge in [-0.1, -0.05) is 5.16 Å². The van der Waals surface area contributed by atoms with E-state index in [0.717, 1.165) is 5.76 Å². The Labute approximate surface area is 53.0 Å². The molecule has 0 aromatic carbocycles. The number of hydrogen-bond donors (Lipinski definition) is 2. The maximum absolute atomic E-state index is 5.28. The fourth-order valence-corrected chi connectivity index (χ4v) is 0.587. The number of anilines is 1. The Balaban J connectivity index is 2.61. The van der Waals surface area contributed by atoms with Crippen molar-refractivity contribution in [2.75, 3.05) is 12.8 Å². The van der Waals surface area contributed by atoms with Crippen LogP contribution < -0.4 is 11.1 Å². The first kappa shape index (κ1) is 6.10. The number of nitrogens with two attached hydrogens (primary N) is 1. The molecule has 1 aromatic rings. The average molecular weight is 127 g/mol. The predicted octanol–water partition coefficient (Wildman–Crippen LogP) is -0.0238. The molecule has 0 spiro atoms. The van der Waals surface area contributed by atoms with Crippen LogP contribution in [0, 0.1) is 0 Å². The smallest absolute Gasteiger partial charge is 0.167 e. The Hall–Kier alpha value is -1.03. The lowest BCUT2D eigenvalue weighted by atomic mass is 10.4. The SMILES string of the molecule is CNCc1cc(N)no1. The van der Waals surface area contributed by atoms with E-state index >= 15 is 0 Å². The van der Waals surface area contributed by atoms with E-state index < -0.39 is 0 Å². The maximum Gasteiger partial charge on any atom is 0.167 e. The van der Waals surface area contributed by atoms with Gasteiger partial charge in [0.25, 0.3) is 0 Å². The summed E-state index contributed by atoms with van der Waals surface area (Å²) in [6.07, 6.45) is 0. The summed E-state index contributed by atoms with van der Waals surface area (Å²) in [7, 11) is 1.83. The van der Waals surface area contributed by atoms with Crippen molar-refractivity contribution in [3.8, 4) is 0 Å². The second-order valence-corrected chi connectivity index (χ2v) is 1.75. The number of nitrogens with zero attached hydrogens (tertiary/aromatic N) is 1. The van der Waals surface area contributed by atoms with E-state index in [4.69, 9.17) is 10.3 Å². The van der Waals surface area contributed by atoms with Crippen LogP contribution in [-0.2, 0) is 6.54 Å². The molecule has 0 aliphatic rings. The molecule has 0 saturated heterocycles. The van der Waals surface area contributed by atoms with Gasteiger partial charge in [0.2, 0.25) is 0 Å². The van der Waals surface area contributed by atoms with E-state index in [1.807, 2.05) is 7.05 Å². The summed E-state index contributed by atoms with van der Waals surface area (Å²) < 4.78 is 4.77. The van der Waals surface area contributed by atoms with Crippen molar-refractivity contribution >= 4 is 5.82 Å². The van der Waals surface area contributed by atoms with Crippen molar-refractivity contribution in [3.63, 3.8) is 0 Å². The highest BCUT2D eigenvalue weighted by molar-refractivity contribution is 5.26. The first-order valence-electron chi connectivity index (χ1n) is 2.68. The van der Waals surface area contributed by atoms with Crippen LogP contribution in [0.25, 0.3) is 0 Å². The highest BCUT2D eigenvalue weighted by Gasteiger charge is 1.96. The molecule has 4 nitrogen and oxygen atoms in total. The summed E-state index contributed by atoms with van der Waals surface area (Å²) in [5, 5.41) is 6.41. The molecule has 4 heteroatoms. The number of rotatable bonds is 2. The molecule has 0 amide bonds. The normalized spacial score (nSPS) is 9.89. The Bertz CT molecular complexity index is 184. The molecular formula is C5H9N3O. The number of nitrogen functional groups attached to an aromatic ring is 1. The Morgan fingerprint density at radius 3 is 3.11 bits per heavy atom. The molecule has 0 aliphatic heterocycles. The second-order valence-electron chi connectivity index (χ2n) is 1.75. The first-order chi connectivity index (χ1) is 4.33. The van der Waals surface area contributed by atoms with E-state index in [9.17, 15) is 0 Å². The number of aromatic nitrogens is 1. The largest absolute Gasteiger partial charge is 0.381 e. The number of nitrogens with one attached hydrogen (secondary N) is 1. The average Bonchev–Trinajstić information content (AvgIpc) is 2.17. The highest BCUT2D eigenvalue weighted by atomic mass is 16.5. The van der Waals surface area contributed by atoms with Crippen molar-refractivity contribution < 1.29 is 4.52 Å². The van der Waals surface area contributed by atoms with Crippen molar-refractivity contribution in [1.82, 2.24) is 10.5 Å². The van der Waals surface area contributed by atoms with Crippen LogP contribution >= 0.6 is 0 Å². The van der Waals surface area contributed by atoms with Gasteiger partial charge in [0, 0.05) is 6.07 Å². The van der Waals surface area contributed by atoms with Crippen molar-refractivity contribution in [2.45, 2.75) is 6.54 Å². The van der Waals surface area contributed by atoms with Gasteiger partial charge in [0.1, 0.15) is 0 Å². The van der Waals surface area contributed by atoms with Gasteiger partial charge in [0.05, 0.1) is 6.54 Å².